The Bertz CT molecular complexity index is 1380. The van der Waals surface area contributed by atoms with Crippen LogP contribution in [-0.4, -0.2) is 14.4 Å². The SMILES string of the molecule is Cc1ccc(NC(=O)Nc2cc(S(=O)(=O)Cc3ccccc3)ccc2-c2ccsc2)cc1C. The molecule has 0 spiro atoms. The highest BCUT2D eigenvalue weighted by Crippen LogP contribution is 2.33. The molecule has 3 aromatic carbocycles. The van der Waals surface area contributed by atoms with Gasteiger partial charge in [-0.05, 0) is 77.2 Å². The van der Waals surface area contributed by atoms with Crippen molar-refractivity contribution in [3.63, 3.8) is 0 Å². The van der Waals surface area contributed by atoms with Gasteiger partial charge < -0.3 is 10.6 Å². The normalized spacial score (nSPS) is 11.2. The number of anilines is 2. The summed E-state index contributed by atoms with van der Waals surface area (Å²) in [6, 6.07) is 21.1. The molecule has 1 heterocycles. The van der Waals surface area contributed by atoms with Crippen LogP contribution in [0.25, 0.3) is 11.1 Å². The minimum atomic E-state index is -3.60. The highest BCUT2D eigenvalue weighted by Gasteiger charge is 2.19. The van der Waals surface area contributed by atoms with Crippen LogP contribution in [0.3, 0.4) is 0 Å². The van der Waals surface area contributed by atoms with Crippen LogP contribution < -0.4 is 10.6 Å². The number of urea groups is 1. The smallest absolute Gasteiger partial charge is 0.308 e. The number of thiophene rings is 1. The molecule has 1 aromatic heterocycles. The Morgan fingerprint density at radius 3 is 2.36 bits per heavy atom. The Morgan fingerprint density at radius 2 is 1.67 bits per heavy atom. The molecule has 168 valence electrons. The van der Waals surface area contributed by atoms with Crippen LogP contribution in [-0.2, 0) is 15.6 Å². The Labute approximate surface area is 198 Å². The first-order valence-corrected chi connectivity index (χ1v) is 13.0. The number of rotatable bonds is 6. The second-order valence-electron chi connectivity index (χ2n) is 7.84. The molecular weight excluding hydrogens is 452 g/mol. The van der Waals surface area contributed by atoms with Crippen LogP contribution in [0.2, 0.25) is 0 Å². The molecule has 5 nitrogen and oxygen atoms in total. The van der Waals surface area contributed by atoms with Crippen LogP contribution in [0, 0.1) is 13.8 Å². The van der Waals surface area contributed by atoms with Crippen molar-refractivity contribution in [1.29, 1.82) is 0 Å². The van der Waals surface area contributed by atoms with E-state index in [4.69, 9.17) is 0 Å². The number of carbonyl (C=O) groups excluding carboxylic acids is 1. The molecule has 0 bridgehead atoms. The number of carbonyl (C=O) groups is 1. The molecule has 0 fully saturated rings. The summed E-state index contributed by atoms with van der Waals surface area (Å²) in [4.78, 5) is 12.9. The van der Waals surface area contributed by atoms with E-state index in [0.29, 0.717) is 16.9 Å². The fourth-order valence-electron chi connectivity index (χ4n) is 3.47. The van der Waals surface area contributed by atoms with Gasteiger partial charge in [0.05, 0.1) is 16.3 Å². The summed E-state index contributed by atoms with van der Waals surface area (Å²) in [5, 5.41) is 9.58. The molecule has 0 aliphatic carbocycles. The fourth-order valence-corrected chi connectivity index (χ4v) is 5.50. The highest BCUT2D eigenvalue weighted by atomic mass is 32.2. The van der Waals surface area contributed by atoms with E-state index in [1.165, 1.54) is 17.4 Å². The number of benzene rings is 3. The lowest BCUT2D eigenvalue weighted by Crippen LogP contribution is -2.20. The summed E-state index contributed by atoms with van der Waals surface area (Å²) in [5.74, 6) is -0.111. The molecule has 33 heavy (non-hydrogen) atoms. The minimum absolute atomic E-state index is 0.111. The molecule has 4 rings (SSSR count). The van der Waals surface area contributed by atoms with Gasteiger partial charge in [0.1, 0.15) is 0 Å². The van der Waals surface area contributed by atoms with E-state index in [0.717, 1.165) is 22.3 Å². The Balaban J connectivity index is 1.64. The largest absolute Gasteiger partial charge is 0.323 e. The number of nitrogens with one attached hydrogen (secondary N) is 2. The first-order valence-electron chi connectivity index (χ1n) is 10.4. The molecule has 4 aromatic rings. The van der Waals surface area contributed by atoms with Gasteiger partial charge in [0.25, 0.3) is 0 Å². The van der Waals surface area contributed by atoms with Crippen molar-refractivity contribution in [2.75, 3.05) is 10.6 Å². The monoisotopic (exact) mass is 476 g/mol. The average molecular weight is 477 g/mol. The van der Waals surface area contributed by atoms with Crippen molar-refractivity contribution in [2.24, 2.45) is 0 Å². The molecule has 2 amide bonds. The summed E-state index contributed by atoms with van der Waals surface area (Å²) < 4.78 is 26.1. The summed E-state index contributed by atoms with van der Waals surface area (Å²) in [6.07, 6.45) is 0. The Hall–Kier alpha value is -3.42. The third kappa shape index (κ3) is 5.50. The topological polar surface area (TPSA) is 75.3 Å². The first-order chi connectivity index (χ1) is 15.8. The van der Waals surface area contributed by atoms with E-state index in [1.807, 2.05) is 67.1 Å². The second kappa shape index (κ2) is 9.60. The zero-order chi connectivity index (χ0) is 23.4. The van der Waals surface area contributed by atoms with Crippen molar-refractivity contribution in [3.8, 4) is 11.1 Å². The summed E-state index contributed by atoms with van der Waals surface area (Å²) >= 11 is 1.53. The second-order valence-corrected chi connectivity index (χ2v) is 10.6. The van der Waals surface area contributed by atoms with Gasteiger partial charge in [0.15, 0.2) is 9.84 Å². The van der Waals surface area contributed by atoms with Gasteiger partial charge >= 0.3 is 6.03 Å². The Morgan fingerprint density at radius 1 is 0.879 bits per heavy atom. The van der Waals surface area contributed by atoms with E-state index in [2.05, 4.69) is 10.6 Å². The Kier molecular flexibility index (Phi) is 6.62. The minimum Gasteiger partial charge on any atom is -0.308 e. The molecule has 0 aliphatic heterocycles. The zero-order valence-corrected chi connectivity index (χ0v) is 20.0. The summed E-state index contributed by atoms with van der Waals surface area (Å²) in [5.41, 5.74) is 5.68. The molecule has 0 unspecified atom stereocenters. The number of hydrogen-bond acceptors (Lipinski definition) is 4. The quantitative estimate of drug-likeness (QED) is 0.327. The van der Waals surface area contributed by atoms with E-state index in [9.17, 15) is 13.2 Å². The maximum atomic E-state index is 13.1. The van der Waals surface area contributed by atoms with Gasteiger partial charge in [0.2, 0.25) is 0 Å². The predicted octanol–water partition coefficient (Wildman–Crippen LogP) is 6.65. The van der Waals surface area contributed by atoms with Crippen LogP contribution in [0.15, 0.2) is 88.5 Å². The van der Waals surface area contributed by atoms with Gasteiger partial charge in [-0.1, -0.05) is 42.5 Å². The number of aryl methyl sites for hydroxylation is 2. The van der Waals surface area contributed by atoms with Crippen molar-refractivity contribution in [1.82, 2.24) is 0 Å². The van der Waals surface area contributed by atoms with E-state index < -0.39 is 15.9 Å². The number of hydrogen-bond donors (Lipinski definition) is 2. The maximum absolute atomic E-state index is 13.1. The molecule has 7 heteroatoms. The first kappa shape index (κ1) is 22.8. The molecule has 2 N–H and O–H groups in total. The maximum Gasteiger partial charge on any atom is 0.323 e. The van der Waals surface area contributed by atoms with Crippen LogP contribution in [0.5, 0.6) is 0 Å². The average Bonchev–Trinajstić information content (AvgIpc) is 3.31. The zero-order valence-electron chi connectivity index (χ0n) is 18.3. The summed E-state index contributed by atoms with van der Waals surface area (Å²) in [6.45, 7) is 3.99. The molecular formula is C26H24N2O3S2. The van der Waals surface area contributed by atoms with Gasteiger partial charge in [0, 0.05) is 11.3 Å². The molecule has 0 saturated heterocycles. The molecule has 0 radical (unpaired) electrons. The lowest BCUT2D eigenvalue weighted by Gasteiger charge is -2.14. The van der Waals surface area contributed by atoms with Gasteiger partial charge in [-0.2, -0.15) is 11.3 Å². The third-order valence-corrected chi connectivity index (χ3v) is 7.76. The molecule has 0 aliphatic rings. The summed E-state index contributed by atoms with van der Waals surface area (Å²) in [7, 11) is -3.60. The lowest BCUT2D eigenvalue weighted by atomic mass is 10.1. The third-order valence-electron chi connectivity index (χ3n) is 5.39. The van der Waals surface area contributed by atoms with Crippen LogP contribution >= 0.6 is 11.3 Å². The standard InChI is InChI=1S/C26H24N2O3S2/c1-18-8-9-22(14-19(18)2)27-26(29)28-25-15-23(10-11-24(25)21-12-13-32-16-21)33(30,31)17-20-6-4-3-5-7-20/h3-16H,17H2,1-2H3,(H2,27,28,29). The fraction of sp³-hybridized carbons (Fsp3) is 0.115. The lowest BCUT2D eigenvalue weighted by molar-refractivity contribution is 0.262. The number of amides is 2. The van der Waals surface area contributed by atoms with Gasteiger partial charge in [-0.3, -0.25) is 0 Å². The van der Waals surface area contributed by atoms with E-state index in [-0.39, 0.29) is 10.6 Å². The predicted molar refractivity (Wildman–Crippen MR) is 136 cm³/mol. The van der Waals surface area contributed by atoms with Gasteiger partial charge in [-0.25, -0.2) is 13.2 Å². The van der Waals surface area contributed by atoms with Crippen molar-refractivity contribution in [3.05, 3.63) is 100 Å². The van der Waals surface area contributed by atoms with E-state index >= 15 is 0 Å². The van der Waals surface area contributed by atoms with Crippen LogP contribution in [0.1, 0.15) is 16.7 Å². The molecule has 0 atom stereocenters. The van der Waals surface area contributed by atoms with Crippen molar-refractivity contribution < 1.29 is 13.2 Å². The van der Waals surface area contributed by atoms with Crippen molar-refractivity contribution in [2.45, 2.75) is 24.5 Å². The van der Waals surface area contributed by atoms with Gasteiger partial charge in [-0.15, -0.1) is 0 Å². The number of sulfone groups is 1. The van der Waals surface area contributed by atoms with E-state index in [1.54, 1.807) is 24.3 Å². The van der Waals surface area contributed by atoms with Crippen molar-refractivity contribution >= 4 is 38.6 Å². The van der Waals surface area contributed by atoms with Crippen LogP contribution in [0.4, 0.5) is 16.2 Å². The highest BCUT2D eigenvalue weighted by molar-refractivity contribution is 7.90. The molecule has 0 saturated carbocycles.